The fourth-order valence-corrected chi connectivity index (χ4v) is 1.53. The second-order valence-electron chi connectivity index (χ2n) is 5.44. The second kappa shape index (κ2) is 5.44. The third-order valence-corrected chi connectivity index (χ3v) is 2.63. The van der Waals surface area contributed by atoms with Gasteiger partial charge in [0.2, 0.25) is 0 Å². The molecule has 0 aromatic carbocycles. The molecule has 0 spiro atoms. The van der Waals surface area contributed by atoms with Gasteiger partial charge in [0.05, 0.1) is 0 Å². The Morgan fingerprint density at radius 1 is 1.31 bits per heavy atom. The molecule has 0 fully saturated rings. The molecule has 0 radical (unpaired) electrons. The van der Waals surface area contributed by atoms with Crippen molar-refractivity contribution in [1.82, 2.24) is 10.3 Å². The van der Waals surface area contributed by atoms with Gasteiger partial charge >= 0.3 is 0 Å². The normalized spacial score (nSPS) is 13.8. The molecule has 0 aliphatic heterocycles. The van der Waals surface area contributed by atoms with Crippen LogP contribution in [-0.4, -0.2) is 17.1 Å². The molecule has 0 aliphatic carbocycles. The topological polar surface area (TPSA) is 24.9 Å². The highest BCUT2D eigenvalue weighted by molar-refractivity contribution is 5.14. The Morgan fingerprint density at radius 2 is 2.00 bits per heavy atom. The third-order valence-electron chi connectivity index (χ3n) is 2.63. The van der Waals surface area contributed by atoms with E-state index in [2.05, 4.69) is 63.1 Å². The molecule has 1 atom stereocenters. The lowest BCUT2D eigenvalue weighted by molar-refractivity contribution is 0.410. The zero-order valence-electron chi connectivity index (χ0n) is 11.2. The van der Waals surface area contributed by atoms with Gasteiger partial charge in [-0.2, -0.15) is 0 Å². The largest absolute Gasteiger partial charge is 0.311 e. The van der Waals surface area contributed by atoms with Gasteiger partial charge in [-0.25, -0.2) is 0 Å². The molecule has 2 nitrogen and oxygen atoms in total. The van der Waals surface area contributed by atoms with E-state index in [1.54, 1.807) is 0 Å². The first-order chi connectivity index (χ1) is 7.42. The van der Waals surface area contributed by atoms with Crippen molar-refractivity contribution in [3.63, 3.8) is 0 Å². The van der Waals surface area contributed by atoms with Gasteiger partial charge in [-0.15, -0.1) is 0 Å². The molecule has 1 rings (SSSR count). The molecule has 1 aromatic heterocycles. The number of nitrogens with one attached hydrogen (secondary N) is 1. The van der Waals surface area contributed by atoms with E-state index in [9.17, 15) is 0 Å². The SMILES string of the molecule is CCc1cccc(C(C)CNC(C)(C)C)n1. The fourth-order valence-electron chi connectivity index (χ4n) is 1.53. The van der Waals surface area contributed by atoms with E-state index in [-0.39, 0.29) is 5.54 Å². The molecule has 16 heavy (non-hydrogen) atoms. The first kappa shape index (κ1) is 13.2. The Kier molecular flexibility index (Phi) is 4.48. The van der Waals surface area contributed by atoms with Crippen molar-refractivity contribution in [2.45, 2.75) is 52.5 Å². The summed E-state index contributed by atoms with van der Waals surface area (Å²) in [6.45, 7) is 11.9. The van der Waals surface area contributed by atoms with Crippen LogP contribution in [0.15, 0.2) is 18.2 Å². The van der Waals surface area contributed by atoms with Crippen LogP contribution in [0.4, 0.5) is 0 Å². The summed E-state index contributed by atoms with van der Waals surface area (Å²) in [5.41, 5.74) is 2.55. The molecule has 1 unspecified atom stereocenters. The molecule has 0 saturated heterocycles. The summed E-state index contributed by atoms with van der Waals surface area (Å²) in [6.07, 6.45) is 1.01. The first-order valence-corrected chi connectivity index (χ1v) is 6.13. The standard InChI is InChI=1S/C14H24N2/c1-6-12-8-7-9-13(16-12)11(2)10-15-14(3,4)5/h7-9,11,15H,6,10H2,1-5H3. The van der Waals surface area contributed by atoms with Gasteiger partial charge in [-0.3, -0.25) is 4.98 Å². The Hall–Kier alpha value is -0.890. The minimum atomic E-state index is 0.177. The van der Waals surface area contributed by atoms with Crippen LogP contribution in [-0.2, 0) is 6.42 Å². The van der Waals surface area contributed by atoms with Crippen LogP contribution >= 0.6 is 0 Å². The average molecular weight is 220 g/mol. The van der Waals surface area contributed by atoms with Crippen LogP contribution < -0.4 is 5.32 Å². The molecule has 1 heterocycles. The summed E-state index contributed by atoms with van der Waals surface area (Å²) < 4.78 is 0. The lowest BCUT2D eigenvalue weighted by atomic mass is 10.0. The van der Waals surface area contributed by atoms with E-state index in [4.69, 9.17) is 0 Å². The summed E-state index contributed by atoms with van der Waals surface area (Å²) >= 11 is 0. The smallest absolute Gasteiger partial charge is 0.0447 e. The van der Waals surface area contributed by atoms with Crippen LogP contribution in [0.2, 0.25) is 0 Å². The number of aromatic nitrogens is 1. The van der Waals surface area contributed by atoms with Crippen molar-refractivity contribution in [2.75, 3.05) is 6.54 Å². The van der Waals surface area contributed by atoms with Crippen molar-refractivity contribution in [1.29, 1.82) is 0 Å². The van der Waals surface area contributed by atoms with Crippen molar-refractivity contribution >= 4 is 0 Å². The van der Waals surface area contributed by atoms with Crippen LogP contribution in [0.3, 0.4) is 0 Å². The molecule has 90 valence electrons. The molecule has 0 bridgehead atoms. The second-order valence-corrected chi connectivity index (χ2v) is 5.44. The predicted molar refractivity (Wildman–Crippen MR) is 69.8 cm³/mol. The average Bonchev–Trinajstić information content (AvgIpc) is 2.25. The van der Waals surface area contributed by atoms with E-state index in [1.165, 1.54) is 11.4 Å². The quantitative estimate of drug-likeness (QED) is 0.843. The van der Waals surface area contributed by atoms with E-state index in [0.29, 0.717) is 5.92 Å². The maximum atomic E-state index is 4.65. The molecular weight excluding hydrogens is 196 g/mol. The highest BCUT2D eigenvalue weighted by atomic mass is 14.9. The van der Waals surface area contributed by atoms with Gasteiger partial charge in [0.25, 0.3) is 0 Å². The molecule has 2 heteroatoms. The molecule has 1 N–H and O–H groups in total. The zero-order chi connectivity index (χ0) is 12.2. The minimum absolute atomic E-state index is 0.177. The summed E-state index contributed by atoms with van der Waals surface area (Å²) in [5, 5.41) is 3.52. The van der Waals surface area contributed by atoms with E-state index < -0.39 is 0 Å². The van der Waals surface area contributed by atoms with E-state index in [0.717, 1.165) is 13.0 Å². The van der Waals surface area contributed by atoms with Gasteiger partial charge in [0.15, 0.2) is 0 Å². The summed E-state index contributed by atoms with van der Waals surface area (Å²) in [7, 11) is 0. The third kappa shape index (κ3) is 4.31. The Bertz CT molecular complexity index is 326. The maximum Gasteiger partial charge on any atom is 0.0447 e. The number of pyridine rings is 1. The molecule has 0 saturated carbocycles. The van der Waals surface area contributed by atoms with Gasteiger partial charge in [0.1, 0.15) is 0 Å². The number of aryl methyl sites for hydroxylation is 1. The van der Waals surface area contributed by atoms with Gasteiger partial charge in [-0.05, 0) is 39.3 Å². The molecular formula is C14H24N2. The van der Waals surface area contributed by atoms with Crippen molar-refractivity contribution < 1.29 is 0 Å². The fraction of sp³-hybridized carbons (Fsp3) is 0.643. The monoisotopic (exact) mass is 220 g/mol. The van der Waals surface area contributed by atoms with Crippen molar-refractivity contribution in [3.05, 3.63) is 29.6 Å². The lowest BCUT2D eigenvalue weighted by Crippen LogP contribution is -2.38. The summed E-state index contributed by atoms with van der Waals surface area (Å²) in [5.74, 6) is 0.464. The van der Waals surface area contributed by atoms with Gasteiger partial charge < -0.3 is 5.32 Å². The minimum Gasteiger partial charge on any atom is -0.311 e. The zero-order valence-corrected chi connectivity index (χ0v) is 11.2. The van der Waals surface area contributed by atoms with Crippen LogP contribution in [0.5, 0.6) is 0 Å². The number of hydrogen-bond acceptors (Lipinski definition) is 2. The number of hydrogen-bond donors (Lipinski definition) is 1. The Morgan fingerprint density at radius 3 is 2.56 bits per heavy atom. The van der Waals surface area contributed by atoms with Crippen LogP contribution in [0.25, 0.3) is 0 Å². The van der Waals surface area contributed by atoms with Crippen molar-refractivity contribution in [3.8, 4) is 0 Å². The maximum absolute atomic E-state index is 4.65. The lowest BCUT2D eigenvalue weighted by Gasteiger charge is -2.23. The Labute approximate surface area is 99.5 Å². The van der Waals surface area contributed by atoms with Gasteiger partial charge in [0, 0.05) is 29.4 Å². The van der Waals surface area contributed by atoms with E-state index >= 15 is 0 Å². The predicted octanol–water partition coefficient (Wildman–Crippen LogP) is 3.14. The Balaban J connectivity index is 2.62. The highest BCUT2D eigenvalue weighted by Crippen LogP contribution is 2.13. The van der Waals surface area contributed by atoms with Crippen LogP contribution in [0.1, 0.15) is 51.9 Å². The number of rotatable bonds is 4. The highest BCUT2D eigenvalue weighted by Gasteiger charge is 2.13. The van der Waals surface area contributed by atoms with E-state index in [1.807, 2.05) is 0 Å². The summed E-state index contributed by atoms with van der Waals surface area (Å²) in [6, 6.07) is 6.32. The molecule has 1 aromatic rings. The first-order valence-electron chi connectivity index (χ1n) is 6.13. The summed E-state index contributed by atoms with van der Waals surface area (Å²) in [4.78, 5) is 4.65. The molecule has 0 aliphatic rings. The van der Waals surface area contributed by atoms with Crippen LogP contribution in [0, 0.1) is 0 Å². The van der Waals surface area contributed by atoms with Crippen molar-refractivity contribution in [2.24, 2.45) is 0 Å². The number of nitrogens with zero attached hydrogens (tertiary/aromatic N) is 1. The van der Waals surface area contributed by atoms with Gasteiger partial charge in [-0.1, -0.05) is 19.9 Å². The molecule has 0 amide bonds.